The lowest BCUT2D eigenvalue weighted by Crippen LogP contribution is -2.19. The second-order valence-electron chi connectivity index (χ2n) is 3.40. The second kappa shape index (κ2) is 2.26. The molecule has 10 heavy (non-hydrogen) atoms. The number of hydrogen-bond donors (Lipinski definition) is 0. The monoisotopic (exact) mass is 138 g/mol. The van der Waals surface area contributed by atoms with Gasteiger partial charge in [-0.15, -0.1) is 0 Å². The Hall–Kier alpha value is -0.530. The van der Waals surface area contributed by atoms with Gasteiger partial charge in [-0.3, -0.25) is 10.1 Å². The van der Waals surface area contributed by atoms with E-state index in [1.54, 1.807) is 0 Å². The zero-order valence-electron chi connectivity index (χ0n) is 6.05. The summed E-state index contributed by atoms with van der Waals surface area (Å²) in [6, 6.07) is 0. The van der Waals surface area contributed by atoms with Crippen molar-refractivity contribution in [3.05, 3.63) is 0 Å². The summed E-state index contributed by atoms with van der Waals surface area (Å²) in [5.74, 6) is 1.27. The molecule has 2 nitrogen and oxygen atoms in total. The van der Waals surface area contributed by atoms with E-state index in [1.807, 2.05) is 0 Å². The van der Waals surface area contributed by atoms with E-state index in [9.17, 15) is 4.79 Å². The molecule has 1 radical (unpaired) electrons. The number of carbonyl (C=O) groups excluding carboxylic acids is 1. The van der Waals surface area contributed by atoms with Crippen molar-refractivity contribution in [1.82, 2.24) is 5.32 Å². The standard InChI is InChI=1S/C8H12NO/c10-8(7-3-4-7)9-5-6-1-2-6/h6-7H,1-5H2. The average molecular weight is 138 g/mol. The molecule has 2 aliphatic rings. The third kappa shape index (κ3) is 1.49. The van der Waals surface area contributed by atoms with Crippen LogP contribution in [0.15, 0.2) is 0 Å². The van der Waals surface area contributed by atoms with Crippen LogP contribution in [0.25, 0.3) is 0 Å². The summed E-state index contributed by atoms with van der Waals surface area (Å²) in [7, 11) is 0. The first kappa shape index (κ1) is 6.20. The first-order valence-electron chi connectivity index (χ1n) is 4.07. The minimum Gasteiger partial charge on any atom is -0.273 e. The lowest BCUT2D eigenvalue weighted by Gasteiger charge is -1.96. The molecule has 0 aliphatic heterocycles. The fourth-order valence-electron chi connectivity index (χ4n) is 0.979. The van der Waals surface area contributed by atoms with E-state index >= 15 is 0 Å². The Bertz CT molecular complexity index is 147. The minimum absolute atomic E-state index is 0.173. The van der Waals surface area contributed by atoms with Crippen LogP contribution < -0.4 is 5.32 Å². The zero-order valence-corrected chi connectivity index (χ0v) is 6.05. The van der Waals surface area contributed by atoms with E-state index in [1.165, 1.54) is 12.8 Å². The van der Waals surface area contributed by atoms with Crippen LogP contribution in [0.5, 0.6) is 0 Å². The van der Waals surface area contributed by atoms with Crippen LogP contribution in [0, 0.1) is 11.8 Å². The van der Waals surface area contributed by atoms with Crippen LogP contribution in [-0.2, 0) is 4.79 Å². The first-order chi connectivity index (χ1) is 4.86. The second-order valence-corrected chi connectivity index (χ2v) is 3.40. The Kier molecular flexibility index (Phi) is 1.40. The fourth-order valence-corrected chi connectivity index (χ4v) is 0.979. The van der Waals surface area contributed by atoms with Crippen LogP contribution in [0.1, 0.15) is 25.7 Å². The fraction of sp³-hybridized carbons (Fsp3) is 0.875. The highest BCUT2D eigenvalue weighted by Gasteiger charge is 2.32. The number of hydrogen-bond acceptors (Lipinski definition) is 1. The summed E-state index contributed by atoms with van der Waals surface area (Å²) in [4.78, 5) is 11.0. The normalized spacial score (nSPS) is 24.4. The van der Waals surface area contributed by atoms with Crippen molar-refractivity contribution in [1.29, 1.82) is 0 Å². The molecule has 0 aromatic carbocycles. The number of rotatable bonds is 3. The van der Waals surface area contributed by atoms with Crippen molar-refractivity contribution < 1.29 is 4.79 Å². The van der Waals surface area contributed by atoms with Crippen molar-refractivity contribution >= 4 is 5.91 Å². The van der Waals surface area contributed by atoms with Crippen LogP contribution in [0.4, 0.5) is 0 Å². The van der Waals surface area contributed by atoms with E-state index in [4.69, 9.17) is 0 Å². The summed E-state index contributed by atoms with van der Waals surface area (Å²) in [5, 5.41) is 4.01. The molecule has 0 atom stereocenters. The molecule has 2 heteroatoms. The van der Waals surface area contributed by atoms with Crippen molar-refractivity contribution in [2.45, 2.75) is 25.7 Å². The Morgan fingerprint density at radius 3 is 2.50 bits per heavy atom. The SMILES string of the molecule is O=C([N]CC1CC1)C1CC1. The third-order valence-corrected chi connectivity index (χ3v) is 2.13. The van der Waals surface area contributed by atoms with Gasteiger partial charge in [0.15, 0.2) is 0 Å². The molecule has 0 N–H and O–H groups in total. The molecule has 2 aliphatic carbocycles. The molecule has 0 bridgehead atoms. The molecule has 2 fully saturated rings. The Morgan fingerprint density at radius 2 is 2.00 bits per heavy atom. The van der Waals surface area contributed by atoms with Gasteiger partial charge in [0.1, 0.15) is 0 Å². The topological polar surface area (TPSA) is 31.2 Å². The Morgan fingerprint density at radius 1 is 1.30 bits per heavy atom. The Balaban J connectivity index is 1.63. The van der Waals surface area contributed by atoms with E-state index < -0.39 is 0 Å². The Labute approximate surface area is 61.0 Å². The van der Waals surface area contributed by atoms with Gasteiger partial charge in [-0.2, -0.15) is 0 Å². The molecule has 0 aromatic rings. The first-order valence-corrected chi connectivity index (χ1v) is 4.07. The maximum absolute atomic E-state index is 11.0. The van der Waals surface area contributed by atoms with Crippen LogP contribution in [-0.4, -0.2) is 12.5 Å². The average Bonchev–Trinajstić information content (AvgIpc) is 2.76. The lowest BCUT2D eigenvalue weighted by molar-refractivity contribution is -0.122. The molecule has 0 aromatic heterocycles. The predicted octanol–water partition coefficient (Wildman–Crippen LogP) is 0.937. The molecule has 2 saturated carbocycles. The molecule has 1 amide bonds. The van der Waals surface area contributed by atoms with Crippen LogP contribution in [0.3, 0.4) is 0 Å². The maximum atomic E-state index is 11.0. The number of amides is 1. The van der Waals surface area contributed by atoms with Crippen molar-refractivity contribution in [3.8, 4) is 0 Å². The summed E-state index contributed by atoms with van der Waals surface area (Å²) < 4.78 is 0. The van der Waals surface area contributed by atoms with E-state index in [0.29, 0.717) is 5.92 Å². The smallest absolute Gasteiger partial charge is 0.244 e. The third-order valence-electron chi connectivity index (χ3n) is 2.13. The molecule has 0 spiro atoms. The van der Waals surface area contributed by atoms with Gasteiger partial charge in [0.2, 0.25) is 5.91 Å². The van der Waals surface area contributed by atoms with Crippen LogP contribution >= 0.6 is 0 Å². The zero-order chi connectivity index (χ0) is 6.97. The maximum Gasteiger partial charge on any atom is 0.244 e. The highest BCUT2D eigenvalue weighted by molar-refractivity contribution is 5.80. The van der Waals surface area contributed by atoms with E-state index in [0.717, 1.165) is 25.3 Å². The summed E-state index contributed by atoms with van der Waals surface area (Å²) in [6.07, 6.45) is 4.77. The summed E-state index contributed by atoms with van der Waals surface area (Å²) in [5.41, 5.74) is 0. The van der Waals surface area contributed by atoms with Gasteiger partial charge in [-0.1, -0.05) is 0 Å². The molecule has 0 heterocycles. The van der Waals surface area contributed by atoms with Gasteiger partial charge in [0.25, 0.3) is 0 Å². The molecule has 2 rings (SSSR count). The van der Waals surface area contributed by atoms with Gasteiger partial charge in [0, 0.05) is 12.5 Å². The highest BCUT2D eigenvalue weighted by atomic mass is 16.2. The quantitative estimate of drug-likeness (QED) is 0.571. The van der Waals surface area contributed by atoms with Gasteiger partial charge >= 0.3 is 0 Å². The van der Waals surface area contributed by atoms with Crippen molar-refractivity contribution in [2.75, 3.05) is 6.54 Å². The van der Waals surface area contributed by atoms with Crippen molar-refractivity contribution in [3.63, 3.8) is 0 Å². The lowest BCUT2D eigenvalue weighted by atomic mass is 10.3. The van der Waals surface area contributed by atoms with Gasteiger partial charge in [0.05, 0.1) is 0 Å². The molecule has 0 unspecified atom stereocenters. The molecular formula is C8H12NO. The summed E-state index contributed by atoms with van der Waals surface area (Å²) >= 11 is 0. The molecule has 0 saturated heterocycles. The largest absolute Gasteiger partial charge is 0.273 e. The van der Waals surface area contributed by atoms with Gasteiger partial charge < -0.3 is 0 Å². The highest BCUT2D eigenvalue weighted by Crippen LogP contribution is 2.31. The van der Waals surface area contributed by atoms with Gasteiger partial charge in [-0.25, -0.2) is 0 Å². The number of carbonyl (C=O) groups is 1. The van der Waals surface area contributed by atoms with E-state index in [2.05, 4.69) is 5.32 Å². The molecular weight excluding hydrogens is 126 g/mol. The minimum atomic E-state index is 0.173. The molecule has 55 valence electrons. The predicted molar refractivity (Wildman–Crippen MR) is 37.5 cm³/mol. The van der Waals surface area contributed by atoms with Gasteiger partial charge in [-0.05, 0) is 31.6 Å². The number of nitrogens with zero attached hydrogens (tertiary/aromatic N) is 1. The van der Waals surface area contributed by atoms with Crippen LogP contribution in [0.2, 0.25) is 0 Å². The van der Waals surface area contributed by atoms with Crippen molar-refractivity contribution in [2.24, 2.45) is 11.8 Å². The van der Waals surface area contributed by atoms with E-state index in [-0.39, 0.29) is 5.91 Å². The summed E-state index contributed by atoms with van der Waals surface area (Å²) in [6.45, 7) is 0.815.